The quantitative estimate of drug-likeness (QED) is 0.335. The predicted molar refractivity (Wildman–Crippen MR) is 68.0 cm³/mol. The van der Waals surface area contributed by atoms with E-state index in [1.165, 1.54) is 23.9 Å². The topological polar surface area (TPSA) is 43.4 Å². The smallest absolute Gasteiger partial charge is 0.374 e. The zero-order valence-electron chi connectivity index (χ0n) is 10.4. The molecule has 0 aliphatic carbocycles. The molecule has 0 spiro atoms. The summed E-state index contributed by atoms with van der Waals surface area (Å²) in [5.41, 5.74) is 0. The fraction of sp³-hybridized carbons (Fsp3) is 0.385. The number of rotatable bonds is 7. The minimum Gasteiger partial charge on any atom is -0.463 e. The molecule has 0 fully saturated rings. The van der Waals surface area contributed by atoms with Crippen molar-refractivity contribution < 1.29 is 23.1 Å². The van der Waals surface area contributed by atoms with Gasteiger partial charge in [-0.25, -0.2) is 13.6 Å². The SMILES string of the molecule is COC(=O)C(=O)CCCCSc1cc(F)cc(F)c1. The summed E-state index contributed by atoms with van der Waals surface area (Å²) < 4.78 is 30.1. The monoisotopic (exact) mass is 288 g/mol. The number of Topliss-reactive ketones (excluding diaryl/α,β-unsaturated/α-hetero) is 1. The molecule has 0 heterocycles. The first-order valence-corrected chi connectivity index (χ1v) is 6.71. The van der Waals surface area contributed by atoms with Gasteiger partial charge in [-0.05, 0) is 30.7 Å². The molecular formula is C13H14F2O3S. The van der Waals surface area contributed by atoms with Crippen LogP contribution in [0.25, 0.3) is 0 Å². The zero-order valence-corrected chi connectivity index (χ0v) is 11.3. The molecule has 104 valence electrons. The van der Waals surface area contributed by atoms with Crippen molar-refractivity contribution in [1.82, 2.24) is 0 Å². The molecule has 0 aromatic heterocycles. The third-order valence-corrected chi connectivity index (χ3v) is 3.38. The molecule has 0 saturated heterocycles. The number of benzene rings is 1. The summed E-state index contributed by atoms with van der Waals surface area (Å²) in [5, 5.41) is 0. The van der Waals surface area contributed by atoms with Crippen LogP contribution in [0.2, 0.25) is 0 Å². The fourth-order valence-corrected chi connectivity index (χ4v) is 2.38. The zero-order chi connectivity index (χ0) is 14.3. The Balaban J connectivity index is 2.24. The van der Waals surface area contributed by atoms with Gasteiger partial charge in [0.05, 0.1) is 7.11 Å². The van der Waals surface area contributed by atoms with Crippen LogP contribution in [0.4, 0.5) is 8.78 Å². The molecule has 0 N–H and O–H groups in total. The van der Waals surface area contributed by atoms with Gasteiger partial charge in [0, 0.05) is 17.4 Å². The first-order chi connectivity index (χ1) is 9.02. The molecule has 1 rings (SSSR count). The number of hydrogen-bond acceptors (Lipinski definition) is 4. The lowest BCUT2D eigenvalue weighted by atomic mass is 10.2. The summed E-state index contributed by atoms with van der Waals surface area (Å²) in [6, 6.07) is 3.33. The highest BCUT2D eigenvalue weighted by Gasteiger charge is 2.12. The van der Waals surface area contributed by atoms with E-state index in [0.29, 0.717) is 23.5 Å². The van der Waals surface area contributed by atoms with Crippen LogP contribution in [0.3, 0.4) is 0 Å². The van der Waals surface area contributed by atoms with Gasteiger partial charge in [0.15, 0.2) is 0 Å². The maximum atomic E-state index is 12.9. The largest absolute Gasteiger partial charge is 0.463 e. The van der Waals surface area contributed by atoms with Crippen LogP contribution in [0.15, 0.2) is 23.1 Å². The van der Waals surface area contributed by atoms with E-state index < -0.39 is 23.4 Å². The number of carbonyl (C=O) groups excluding carboxylic acids is 2. The second kappa shape index (κ2) is 7.89. The van der Waals surface area contributed by atoms with Crippen LogP contribution >= 0.6 is 11.8 Å². The van der Waals surface area contributed by atoms with Crippen LogP contribution in [0.5, 0.6) is 0 Å². The highest BCUT2D eigenvalue weighted by atomic mass is 32.2. The first kappa shape index (κ1) is 15.6. The van der Waals surface area contributed by atoms with E-state index in [2.05, 4.69) is 4.74 Å². The second-order valence-corrected chi connectivity index (χ2v) is 4.99. The van der Waals surface area contributed by atoms with Crippen molar-refractivity contribution in [3.63, 3.8) is 0 Å². The summed E-state index contributed by atoms with van der Waals surface area (Å²) in [6.45, 7) is 0. The molecule has 1 aromatic rings. The van der Waals surface area contributed by atoms with Crippen LogP contribution in [0, 0.1) is 11.6 Å². The highest BCUT2D eigenvalue weighted by Crippen LogP contribution is 2.21. The lowest BCUT2D eigenvalue weighted by Gasteiger charge is -2.02. The molecule has 6 heteroatoms. The molecule has 3 nitrogen and oxygen atoms in total. The summed E-state index contributed by atoms with van der Waals surface area (Å²) in [6.07, 6.45) is 1.34. The van der Waals surface area contributed by atoms with Crippen molar-refractivity contribution in [2.24, 2.45) is 0 Å². The lowest BCUT2D eigenvalue weighted by Crippen LogP contribution is -2.14. The van der Waals surface area contributed by atoms with Crippen molar-refractivity contribution in [2.75, 3.05) is 12.9 Å². The summed E-state index contributed by atoms with van der Waals surface area (Å²) in [5.74, 6) is -1.98. The third-order valence-electron chi connectivity index (χ3n) is 2.32. The highest BCUT2D eigenvalue weighted by molar-refractivity contribution is 7.99. The normalized spacial score (nSPS) is 10.3. The minimum absolute atomic E-state index is 0.130. The Bertz CT molecular complexity index is 443. The molecule has 0 amide bonds. The molecular weight excluding hydrogens is 274 g/mol. The summed E-state index contributed by atoms with van der Waals surface area (Å²) >= 11 is 1.31. The number of halogens is 2. The van der Waals surface area contributed by atoms with Gasteiger partial charge in [-0.2, -0.15) is 0 Å². The van der Waals surface area contributed by atoms with Crippen LogP contribution in [0.1, 0.15) is 19.3 Å². The number of hydrogen-bond donors (Lipinski definition) is 0. The van der Waals surface area contributed by atoms with Crippen molar-refractivity contribution >= 4 is 23.5 Å². The van der Waals surface area contributed by atoms with E-state index in [4.69, 9.17) is 0 Å². The van der Waals surface area contributed by atoms with Crippen LogP contribution in [-0.2, 0) is 14.3 Å². The molecule has 1 aromatic carbocycles. The first-order valence-electron chi connectivity index (χ1n) is 5.73. The van der Waals surface area contributed by atoms with Crippen molar-refractivity contribution in [3.05, 3.63) is 29.8 Å². The van der Waals surface area contributed by atoms with Gasteiger partial charge in [-0.15, -0.1) is 11.8 Å². The molecule has 0 aliphatic heterocycles. The maximum absolute atomic E-state index is 12.9. The van der Waals surface area contributed by atoms with E-state index in [-0.39, 0.29) is 6.42 Å². The number of carbonyl (C=O) groups is 2. The van der Waals surface area contributed by atoms with Gasteiger partial charge < -0.3 is 4.74 Å². The Morgan fingerprint density at radius 2 is 1.79 bits per heavy atom. The van der Waals surface area contributed by atoms with Crippen LogP contribution < -0.4 is 0 Å². The van der Waals surface area contributed by atoms with Gasteiger partial charge in [0.1, 0.15) is 11.6 Å². The second-order valence-electron chi connectivity index (χ2n) is 3.83. The Hall–Kier alpha value is -1.43. The van der Waals surface area contributed by atoms with Crippen molar-refractivity contribution in [3.8, 4) is 0 Å². The molecule has 19 heavy (non-hydrogen) atoms. The van der Waals surface area contributed by atoms with Gasteiger partial charge in [0.25, 0.3) is 0 Å². The molecule has 0 radical (unpaired) electrons. The maximum Gasteiger partial charge on any atom is 0.374 e. The van der Waals surface area contributed by atoms with Gasteiger partial charge >= 0.3 is 5.97 Å². The lowest BCUT2D eigenvalue weighted by molar-refractivity contribution is -0.151. The van der Waals surface area contributed by atoms with Crippen molar-refractivity contribution in [1.29, 1.82) is 0 Å². The minimum atomic E-state index is -0.833. The number of ketones is 1. The average molecular weight is 288 g/mol. The Morgan fingerprint density at radius 3 is 2.37 bits per heavy atom. The van der Waals surface area contributed by atoms with E-state index in [1.54, 1.807) is 0 Å². The van der Waals surface area contributed by atoms with Gasteiger partial charge in [0.2, 0.25) is 5.78 Å². The van der Waals surface area contributed by atoms with Gasteiger partial charge in [-0.1, -0.05) is 0 Å². The van der Waals surface area contributed by atoms with Crippen LogP contribution in [-0.4, -0.2) is 24.6 Å². The van der Waals surface area contributed by atoms with E-state index >= 15 is 0 Å². The molecule has 0 saturated carbocycles. The number of thioether (sulfide) groups is 1. The number of esters is 1. The van der Waals surface area contributed by atoms with Gasteiger partial charge in [-0.3, -0.25) is 4.79 Å². The third kappa shape index (κ3) is 5.83. The number of ether oxygens (including phenoxy) is 1. The predicted octanol–water partition coefficient (Wildman–Crippen LogP) is 2.97. The molecule has 0 bridgehead atoms. The summed E-state index contributed by atoms with van der Waals surface area (Å²) in [7, 11) is 1.16. The Labute approximate surface area is 114 Å². The molecule has 0 aliphatic rings. The Morgan fingerprint density at radius 1 is 1.16 bits per heavy atom. The van der Waals surface area contributed by atoms with E-state index in [1.807, 2.05) is 0 Å². The summed E-state index contributed by atoms with van der Waals surface area (Å²) in [4.78, 5) is 22.4. The number of methoxy groups -OCH3 is 1. The Kier molecular flexibility index (Phi) is 6.49. The van der Waals surface area contributed by atoms with E-state index in [9.17, 15) is 18.4 Å². The molecule has 0 unspecified atom stereocenters. The average Bonchev–Trinajstić information content (AvgIpc) is 2.36. The molecule has 0 atom stereocenters. The van der Waals surface area contributed by atoms with Crippen molar-refractivity contribution in [2.45, 2.75) is 24.2 Å². The number of unbranched alkanes of at least 4 members (excludes halogenated alkanes) is 1. The standard InChI is InChI=1S/C13H14F2O3S/c1-18-13(17)12(16)4-2-3-5-19-11-7-9(14)6-10(15)8-11/h6-8H,2-5H2,1H3. The van der Waals surface area contributed by atoms with E-state index in [0.717, 1.165) is 13.2 Å². The fourth-order valence-electron chi connectivity index (χ4n) is 1.41.